The molecule has 3 aromatic rings. The van der Waals surface area contributed by atoms with Gasteiger partial charge in [0.25, 0.3) is 0 Å². The van der Waals surface area contributed by atoms with Gasteiger partial charge in [0.1, 0.15) is 5.52 Å². The predicted molar refractivity (Wildman–Crippen MR) is 79.5 cm³/mol. The van der Waals surface area contributed by atoms with Crippen LogP contribution in [0.5, 0.6) is 0 Å². The molecule has 0 aliphatic carbocycles. The maximum atomic E-state index is 5.55. The van der Waals surface area contributed by atoms with Gasteiger partial charge in [-0.25, -0.2) is 9.50 Å². The van der Waals surface area contributed by atoms with E-state index in [0.29, 0.717) is 6.54 Å². The standard InChI is InChI=1S/C15H17N5/c16-7-5-12-1-3-13(4-2-12)11-18-15-14-6-8-19-20(14)10-9-17-15/h1-4,6,8-10H,5,7,11,16H2,(H,17,18). The van der Waals surface area contributed by atoms with Crippen molar-refractivity contribution in [2.24, 2.45) is 5.73 Å². The van der Waals surface area contributed by atoms with Gasteiger partial charge >= 0.3 is 0 Å². The molecule has 1 aromatic carbocycles. The number of aromatic nitrogens is 3. The van der Waals surface area contributed by atoms with E-state index in [0.717, 1.165) is 24.3 Å². The summed E-state index contributed by atoms with van der Waals surface area (Å²) in [4.78, 5) is 4.35. The molecule has 0 unspecified atom stereocenters. The minimum atomic E-state index is 0.685. The molecular weight excluding hydrogens is 250 g/mol. The Bertz CT molecular complexity index is 687. The molecule has 0 saturated heterocycles. The Kier molecular flexibility index (Phi) is 3.60. The van der Waals surface area contributed by atoms with Gasteiger partial charge in [-0.3, -0.25) is 0 Å². The van der Waals surface area contributed by atoms with Crippen molar-refractivity contribution in [1.82, 2.24) is 14.6 Å². The molecule has 3 rings (SSSR count). The average molecular weight is 267 g/mol. The van der Waals surface area contributed by atoms with Crippen LogP contribution in [0.1, 0.15) is 11.1 Å². The molecular formula is C15H17N5. The zero-order chi connectivity index (χ0) is 13.8. The maximum absolute atomic E-state index is 5.55. The third kappa shape index (κ3) is 2.62. The minimum Gasteiger partial charge on any atom is -0.364 e. The molecule has 0 fully saturated rings. The zero-order valence-electron chi connectivity index (χ0n) is 11.2. The fraction of sp³-hybridized carbons (Fsp3) is 0.200. The first-order chi connectivity index (χ1) is 9.86. The van der Waals surface area contributed by atoms with Crippen molar-refractivity contribution in [1.29, 1.82) is 0 Å². The Hall–Kier alpha value is -2.40. The lowest BCUT2D eigenvalue weighted by atomic mass is 10.1. The second-order valence-corrected chi connectivity index (χ2v) is 4.65. The quantitative estimate of drug-likeness (QED) is 0.740. The van der Waals surface area contributed by atoms with E-state index in [-0.39, 0.29) is 0 Å². The van der Waals surface area contributed by atoms with Gasteiger partial charge in [0, 0.05) is 18.9 Å². The summed E-state index contributed by atoms with van der Waals surface area (Å²) in [6.45, 7) is 1.42. The molecule has 20 heavy (non-hydrogen) atoms. The van der Waals surface area contributed by atoms with Crippen molar-refractivity contribution >= 4 is 11.3 Å². The molecule has 2 heterocycles. The van der Waals surface area contributed by atoms with E-state index < -0.39 is 0 Å². The van der Waals surface area contributed by atoms with E-state index in [2.05, 4.69) is 39.7 Å². The summed E-state index contributed by atoms with van der Waals surface area (Å²) in [5, 5.41) is 7.54. The number of nitrogens with two attached hydrogens (primary N) is 1. The van der Waals surface area contributed by atoms with Gasteiger partial charge in [-0.2, -0.15) is 5.10 Å². The Morgan fingerprint density at radius 3 is 2.65 bits per heavy atom. The SMILES string of the molecule is NCCc1ccc(CNc2nccn3nccc23)cc1. The number of hydrogen-bond donors (Lipinski definition) is 2. The highest BCUT2D eigenvalue weighted by Gasteiger charge is 2.02. The number of hydrogen-bond acceptors (Lipinski definition) is 4. The lowest BCUT2D eigenvalue weighted by Crippen LogP contribution is -2.05. The number of anilines is 1. The van der Waals surface area contributed by atoms with Crippen molar-refractivity contribution in [3.05, 3.63) is 60.0 Å². The summed E-state index contributed by atoms with van der Waals surface area (Å²) >= 11 is 0. The molecule has 0 atom stereocenters. The van der Waals surface area contributed by atoms with Crippen molar-refractivity contribution in [2.45, 2.75) is 13.0 Å². The maximum Gasteiger partial charge on any atom is 0.152 e. The van der Waals surface area contributed by atoms with Crippen molar-refractivity contribution in [2.75, 3.05) is 11.9 Å². The van der Waals surface area contributed by atoms with Crippen LogP contribution < -0.4 is 11.1 Å². The van der Waals surface area contributed by atoms with Gasteiger partial charge < -0.3 is 11.1 Å². The molecule has 0 radical (unpaired) electrons. The van der Waals surface area contributed by atoms with E-state index in [1.54, 1.807) is 16.9 Å². The van der Waals surface area contributed by atoms with Crippen LogP contribution in [0.15, 0.2) is 48.9 Å². The topological polar surface area (TPSA) is 68.2 Å². The van der Waals surface area contributed by atoms with E-state index >= 15 is 0 Å². The van der Waals surface area contributed by atoms with Gasteiger partial charge in [0.15, 0.2) is 5.82 Å². The average Bonchev–Trinajstić information content (AvgIpc) is 2.96. The van der Waals surface area contributed by atoms with E-state index in [1.807, 2.05) is 12.3 Å². The van der Waals surface area contributed by atoms with E-state index in [9.17, 15) is 0 Å². The molecule has 5 nitrogen and oxygen atoms in total. The molecule has 0 aliphatic rings. The van der Waals surface area contributed by atoms with Crippen LogP contribution in [0.3, 0.4) is 0 Å². The van der Waals surface area contributed by atoms with Crippen LogP contribution in [0.2, 0.25) is 0 Å². The smallest absolute Gasteiger partial charge is 0.152 e. The van der Waals surface area contributed by atoms with E-state index in [1.165, 1.54) is 11.1 Å². The molecule has 0 amide bonds. The summed E-state index contributed by atoms with van der Waals surface area (Å²) in [5.74, 6) is 0.844. The zero-order valence-corrected chi connectivity index (χ0v) is 11.2. The summed E-state index contributed by atoms with van der Waals surface area (Å²) < 4.78 is 1.81. The number of nitrogens with zero attached hydrogens (tertiary/aromatic N) is 3. The highest BCUT2D eigenvalue weighted by Crippen LogP contribution is 2.14. The second-order valence-electron chi connectivity index (χ2n) is 4.65. The molecule has 0 spiro atoms. The summed E-state index contributed by atoms with van der Waals surface area (Å²) in [5.41, 5.74) is 9.01. The molecule has 0 aliphatic heterocycles. The largest absolute Gasteiger partial charge is 0.364 e. The number of nitrogens with one attached hydrogen (secondary N) is 1. The van der Waals surface area contributed by atoms with Crippen molar-refractivity contribution in [3.8, 4) is 0 Å². The third-order valence-electron chi connectivity index (χ3n) is 3.24. The first-order valence-electron chi connectivity index (χ1n) is 6.67. The normalized spacial score (nSPS) is 10.8. The molecule has 102 valence electrons. The van der Waals surface area contributed by atoms with Crippen LogP contribution in [0, 0.1) is 0 Å². The van der Waals surface area contributed by atoms with Crippen LogP contribution in [0.4, 0.5) is 5.82 Å². The van der Waals surface area contributed by atoms with Gasteiger partial charge in [-0.05, 0) is 30.2 Å². The highest BCUT2D eigenvalue weighted by molar-refractivity contribution is 5.66. The monoisotopic (exact) mass is 267 g/mol. The number of rotatable bonds is 5. The van der Waals surface area contributed by atoms with Crippen LogP contribution >= 0.6 is 0 Å². The van der Waals surface area contributed by atoms with Gasteiger partial charge in [0.2, 0.25) is 0 Å². The Morgan fingerprint density at radius 1 is 1.05 bits per heavy atom. The third-order valence-corrected chi connectivity index (χ3v) is 3.24. The highest BCUT2D eigenvalue weighted by atomic mass is 15.2. The molecule has 2 aromatic heterocycles. The number of benzene rings is 1. The fourth-order valence-corrected chi connectivity index (χ4v) is 2.17. The van der Waals surface area contributed by atoms with Crippen LogP contribution in [-0.2, 0) is 13.0 Å². The minimum absolute atomic E-state index is 0.685. The van der Waals surface area contributed by atoms with Crippen molar-refractivity contribution in [3.63, 3.8) is 0 Å². The first-order valence-corrected chi connectivity index (χ1v) is 6.67. The molecule has 5 heteroatoms. The van der Waals surface area contributed by atoms with Gasteiger partial charge in [-0.15, -0.1) is 0 Å². The summed E-state index contributed by atoms with van der Waals surface area (Å²) in [6.07, 6.45) is 6.27. The lowest BCUT2D eigenvalue weighted by Gasteiger charge is -2.07. The van der Waals surface area contributed by atoms with Gasteiger partial charge in [-0.1, -0.05) is 24.3 Å². The van der Waals surface area contributed by atoms with Crippen LogP contribution in [0.25, 0.3) is 5.52 Å². The molecule has 0 bridgehead atoms. The number of fused-ring (bicyclic) bond motifs is 1. The predicted octanol–water partition coefficient (Wildman–Crippen LogP) is 1.84. The van der Waals surface area contributed by atoms with Crippen LogP contribution in [-0.4, -0.2) is 21.1 Å². The molecule has 3 N–H and O–H groups in total. The molecule has 0 saturated carbocycles. The van der Waals surface area contributed by atoms with Crippen molar-refractivity contribution < 1.29 is 0 Å². The fourth-order valence-electron chi connectivity index (χ4n) is 2.17. The second kappa shape index (κ2) is 5.71. The Labute approximate surface area is 117 Å². The van der Waals surface area contributed by atoms with E-state index in [4.69, 9.17) is 5.73 Å². The Balaban J connectivity index is 1.71. The first kappa shape index (κ1) is 12.6. The lowest BCUT2D eigenvalue weighted by molar-refractivity contribution is 0.941. The van der Waals surface area contributed by atoms with Gasteiger partial charge in [0.05, 0.1) is 6.20 Å². The Morgan fingerprint density at radius 2 is 1.85 bits per heavy atom. The summed E-state index contributed by atoms with van der Waals surface area (Å²) in [7, 11) is 0. The summed E-state index contributed by atoms with van der Waals surface area (Å²) in [6, 6.07) is 10.4.